The molecule has 4 rings (SSSR count). The van der Waals surface area contributed by atoms with E-state index in [1.165, 1.54) is 0 Å². The van der Waals surface area contributed by atoms with Gasteiger partial charge in [-0.2, -0.15) is 0 Å². The van der Waals surface area contributed by atoms with E-state index in [2.05, 4.69) is 15.3 Å². The first-order chi connectivity index (χ1) is 14.5. The Morgan fingerprint density at radius 3 is 2.53 bits per heavy atom. The van der Waals surface area contributed by atoms with Crippen LogP contribution in [0.4, 0.5) is 5.82 Å². The quantitative estimate of drug-likeness (QED) is 0.336. The van der Waals surface area contributed by atoms with Crippen molar-refractivity contribution in [1.82, 2.24) is 9.97 Å². The molecule has 0 aliphatic heterocycles. The first-order valence-electron chi connectivity index (χ1n) is 9.40. The highest BCUT2D eigenvalue weighted by atomic mass is 35.5. The van der Waals surface area contributed by atoms with E-state index in [-0.39, 0.29) is 5.75 Å². The second-order valence-corrected chi connectivity index (χ2v) is 8.12. The Balaban J connectivity index is 1.90. The van der Waals surface area contributed by atoms with Crippen LogP contribution in [-0.2, 0) is 6.42 Å². The van der Waals surface area contributed by atoms with Crippen LogP contribution in [0.15, 0.2) is 60.9 Å². The number of hydrogen-bond donors (Lipinski definition) is 2. The Kier molecular flexibility index (Phi) is 6.00. The summed E-state index contributed by atoms with van der Waals surface area (Å²) in [4.78, 5) is 8.81. The van der Waals surface area contributed by atoms with Crippen molar-refractivity contribution in [3.63, 3.8) is 0 Å². The topological polar surface area (TPSA) is 58.0 Å². The number of rotatable bonds is 5. The van der Waals surface area contributed by atoms with Gasteiger partial charge in [0.25, 0.3) is 0 Å². The summed E-state index contributed by atoms with van der Waals surface area (Å²) < 4.78 is 0. The molecular formula is C23H18Cl3N3O. The molecule has 0 saturated heterocycles. The number of nitrogens with zero attached hydrogens (tertiary/aromatic N) is 2. The van der Waals surface area contributed by atoms with Crippen molar-refractivity contribution in [1.29, 1.82) is 0 Å². The number of phenols is 1. The third-order valence-electron chi connectivity index (χ3n) is 4.96. The summed E-state index contributed by atoms with van der Waals surface area (Å²) in [5.74, 6) is 0.752. The number of hydrogen-bond acceptors (Lipinski definition) is 4. The first-order valence-corrected chi connectivity index (χ1v) is 10.5. The van der Waals surface area contributed by atoms with Gasteiger partial charge in [-0.05, 0) is 41.8 Å². The molecular weight excluding hydrogens is 441 g/mol. The number of pyridine rings is 2. The molecule has 0 aliphatic carbocycles. The number of aromatic hydroxyl groups is 1. The molecule has 0 bridgehead atoms. The van der Waals surface area contributed by atoms with E-state index in [4.69, 9.17) is 34.8 Å². The lowest BCUT2D eigenvalue weighted by molar-refractivity contribution is 0.471. The van der Waals surface area contributed by atoms with Crippen LogP contribution in [0.25, 0.3) is 10.9 Å². The number of nitrogens with one attached hydrogen (secondary N) is 1. The van der Waals surface area contributed by atoms with Gasteiger partial charge in [0, 0.05) is 33.4 Å². The third kappa shape index (κ3) is 4.04. The van der Waals surface area contributed by atoms with E-state index in [0.29, 0.717) is 32.0 Å². The highest BCUT2D eigenvalue weighted by Gasteiger charge is 2.23. The molecule has 0 fully saturated rings. The summed E-state index contributed by atoms with van der Waals surface area (Å²) in [5, 5.41) is 16.9. The number of fused-ring (bicyclic) bond motifs is 1. The molecule has 30 heavy (non-hydrogen) atoms. The summed E-state index contributed by atoms with van der Waals surface area (Å²) in [7, 11) is 0. The number of anilines is 1. The SMILES string of the molecule is CCc1cc(Cl)cnc1NC(c1ccc(Cl)cc1Cl)c1ccc2cccnc2c1O. The minimum absolute atomic E-state index is 0.0867. The predicted octanol–water partition coefficient (Wildman–Crippen LogP) is 7.06. The lowest BCUT2D eigenvalue weighted by atomic mass is 9.95. The van der Waals surface area contributed by atoms with E-state index in [0.717, 1.165) is 22.9 Å². The zero-order valence-electron chi connectivity index (χ0n) is 16.0. The zero-order valence-corrected chi connectivity index (χ0v) is 18.3. The van der Waals surface area contributed by atoms with Gasteiger partial charge in [-0.1, -0.05) is 66.0 Å². The number of phenolic OH excluding ortho intramolecular Hbond substituents is 1. The molecule has 152 valence electrons. The average Bonchev–Trinajstić information content (AvgIpc) is 2.74. The molecule has 0 spiro atoms. The van der Waals surface area contributed by atoms with Crippen molar-refractivity contribution in [3.05, 3.63) is 92.7 Å². The number of benzene rings is 2. The number of halogens is 3. The van der Waals surface area contributed by atoms with Crippen LogP contribution in [0.3, 0.4) is 0 Å². The van der Waals surface area contributed by atoms with Crippen LogP contribution in [0, 0.1) is 0 Å². The fourth-order valence-corrected chi connectivity index (χ4v) is 4.15. The normalized spacial score (nSPS) is 12.1. The molecule has 0 saturated carbocycles. The highest BCUT2D eigenvalue weighted by Crippen LogP contribution is 2.39. The summed E-state index contributed by atoms with van der Waals surface area (Å²) in [6, 6.07) is 14.2. The zero-order chi connectivity index (χ0) is 21.3. The van der Waals surface area contributed by atoms with Gasteiger partial charge < -0.3 is 10.4 Å². The van der Waals surface area contributed by atoms with Crippen molar-refractivity contribution in [2.45, 2.75) is 19.4 Å². The monoisotopic (exact) mass is 457 g/mol. The number of aryl methyl sites for hydroxylation is 1. The second kappa shape index (κ2) is 8.68. The van der Waals surface area contributed by atoms with Crippen LogP contribution in [0.1, 0.15) is 29.7 Å². The van der Waals surface area contributed by atoms with Gasteiger partial charge >= 0.3 is 0 Å². The molecule has 1 unspecified atom stereocenters. The standard InChI is InChI=1S/C23H18Cl3N3O/c1-2-13-10-16(25)12-28-23(13)29-21(17-8-6-15(24)11-19(17)26)18-7-5-14-4-3-9-27-20(14)22(18)30/h3-12,21,30H,2H2,1H3,(H,28,29). The molecule has 2 N–H and O–H groups in total. The fraction of sp³-hybridized carbons (Fsp3) is 0.130. The van der Waals surface area contributed by atoms with Gasteiger partial charge in [-0.3, -0.25) is 4.98 Å². The molecule has 2 aromatic heterocycles. The van der Waals surface area contributed by atoms with Crippen molar-refractivity contribution in [2.75, 3.05) is 5.32 Å². The first kappa shape index (κ1) is 20.7. The molecule has 0 aliphatic rings. The van der Waals surface area contributed by atoms with Gasteiger partial charge in [-0.25, -0.2) is 4.98 Å². The second-order valence-electron chi connectivity index (χ2n) is 6.84. The maximum absolute atomic E-state index is 11.1. The Bertz CT molecular complexity index is 1230. The fourth-order valence-electron chi connectivity index (χ4n) is 3.45. The Morgan fingerprint density at radius 2 is 1.77 bits per heavy atom. The molecule has 1 atom stereocenters. The molecule has 0 amide bonds. The van der Waals surface area contributed by atoms with Crippen LogP contribution >= 0.6 is 34.8 Å². The Labute approximate surface area is 189 Å². The smallest absolute Gasteiger partial charge is 0.147 e. The van der Waals surface area contributed by atoms with Gasteiger partial charge in [0.05, 0.1) is 11.1 Å². The Hall–Kier alpha value is -2.53. The van der Waals surface area contributed by atoms with Crippen LogP contribution < -0.4 is 5.32 Å². The van der Waals surface area contributed by atoms with Gasteiger partial charge in [0.1, 0.15) is 17.1 Å². The lowest BCUT2D eigenvalue weighted by Crippen LogP contribution is -2.15. The maximum atomic E-state index is 11.1. The van der Waals surface area contributed by atoms with E-state index in [9.17, 15) is 5.11 Å². The van der Waals surface area contributed by atoms with Gasteiger partial charge in [-0.15, -0.1) is 0 Å². The van der Waals surface area contributed by atoms with Gasteiger partial charge in [0.15, 0.2) is 0 Å². The molecule has 7 heteroatoms. The molecule has 2 aromatic carbocycles. The summed E-state index contributed by atoms with van der Waals surface area (Å²) >= 11 is 18.8. The number of aromatic nitrogens is 2. The van der Waals surface area contributed by atoms with E-state index in [1.54, 1.807) is 24.5 Å². The molecule has 2 heterocycles. The minimum atomic E-state index is -0.486. The van der Waals surface area contributed by atoms with Crippen molar-refractivity contribution in [2.24, 2.45) is 0 Å². The molecule has 4 nitrogen and oxygen atoms in total. The molecule has 4 aromatic rings. The predicted molar refractivity (Wildman–Crippen MR) is 124 cm³/mol. The van der Waals surface area contributed by atoms with Crippen LogP contribution in [0.2, 0.25) is 15.1 Å². The van der Waals surface area contributed by atoms with Crippen LogP contribution in [0.5, 0.6) is 5.75 Å². The average molecular weight is 459 g/mol. The van der Waals surface area contributed by atoms with E-state index in [1.807, 2.05) is 43.3 Å². The van der Waals surface area contributed by atoms with Crippen LogP contribution in [-0.4, -0.2) is 15.1 Å². The summed E-state index contributed by atoms with van der Waals surface area (Å²) in [6.07, 6.45) is 3.98. The van der Waals surface area contributed by atoms with Crippen molar-refractivity contribution >= 4 is 51.5 Å². The summed E-state index contributed by atoms with van der Waals surface area (Å²) in [5.41, 5.74) is 2.86. The Morgan fingerprint density at radius 1 is 0.967 bits per heavy atom. The lowest BCUT2D eigenvalue weighted by Gasteiger charge is -2.24. The van der Waals surface area contributed by atoms with E-state index >= 15 is 0 Å². The van der Waals surface area contributed by atoms with E-state index < -0.39 is 6.04 Å². The third-order valence-corrected chi connectivity index (χ3v) is 5.73. The van der Waals surface area contributed by atoms with Crippen molar-refractivity contribution in [3.8, 4) is 5.75 Å². The van der Waals surface area contributed by atoms with Crippen molar-refractivity contribution < 1.29 is 5.11 Å². The maximum Gasteiger partial charge on any atom is 0.147 e. The highest BCUT2D eigenvalue weighted by molar-refractivity contribution is 6.35. The minimum Gasteiger partial charge on any atom is -0.505 e. The largest absolute Gasteiger partial charge is 0.505 e. The molecule has 0 radical (unpaired) electrons. The summed E-state index contributed by atoms with van der Waals surface area (Å²) in [6.45, 7) is 2.03. The van der Waals surface area contributed by atoms with Gasteiger partial charge in [0.2, 0.25) is 0 Å².